The van der Waals surface area contributed by atoms with E-state index in [9.17, 15) is 14.4 Å². The minimum atomic E-state index is -1.34. The summed E-state index contributed by atoms with van der Waals surface area (Å²) in [6.07, 6.45) is 0.733. The van der Waals surface area contributed by atoms with Crippen LogP contribution >= 0.6 is 11.5 Å². The molecule has 9 heteroatoms. The molecule has 0 aliphatic rings. The number of nitrogens with two attached hydrogens (primary N) is 1. The molecule has 0 saturated carbocycles. The number of amides is 2. The standard InChI is InChI=1S/C7H8N4O4S/c8-5(12)1-3(7(14)15)10-6(13)4-2-9-11-16-4/h2-3H,1H2,(H2,8,12)(H,10,13)(H,14,15)/t3-/m0/s1. The Morgan fingerprint density at radius 1 is 1.56 bits per heavy atom. The fraction of sp³-hybridized carbons (Fsp3) is 0.286. The molecule has 1 rings (SSSR count). The minimum absolute atomic E-state index is 0.163. The van der Waals surface area contributed by atoms with E-state index >= 15 is 0 Å². The van der Waals surface area contributed by atoms with Crippen LogP contribution in [0.3, 0.4) is 0 Å². The minimum Gasteiger partial charge on any atom is -0.480 e. The van der Waals surface area contributed by atoms with Crippen molar-refractivity contribution in [3.05, 3.63) is 11.1 Å². The number of carboxylic acids is 1. The first-order valence-corrected chi connectivity index (χ1v) is 4.87. The van der Waals surface area contributed by atoms with Gasteiger partial charge in [-0.3, -0.25) is 9.59 Å². The largest absolute Gasteiger partial charge is 0.480 e. The number of carbonyl (C=O) groups is 3. The molecule has 0 aromatic carbocycles. The Hall–Kier alpha value is -2.03. The second-order valence-corrected chi connectivity index (χ2v) is 3.60. The molecule has 0 spiro atoms. The number of aromatic nitrogens is 2. The molecular weight excluding hydrogens is 236 g/mol. The molecule has 0 aliphatic heterocycles. The fourth-order valence-electron chi connectivity index (χ4n) is 0.898. The van der Waals surface area contributed by atoms with Gasteiger partial charge in [0, 0.05) is 0 Å². The number of carboxylic acid groups (broad SMARTS) is 1. The Balaban J connectivity index is 2.65. The lowest BCUT2D eigenvalue weighted by Gasteiger charge is -2.11. The highest BCUT2D eigenvalue weighted by Gasteiger charge is 2.23. The van der Waals surface area contributed by atoms with Crippen LogP contribution in [0, 0.1) is 0 Å². The number of rotatable bonds is 5. The first kappa shape index (κ1) is 12.0. The van der Waals surface area contributed by atoms with Crippen molar-refractivity contribution in [3.63, 3.8) is 0 Å². The average Bonchev–Trinajstić information content (AvgIpc) is 2.68. The monoisotopic (exact) mass is 244 g/mol. The molecular formula is C7H8N4O4S. The van der Waals surface area contributed by atoms with Crippen LogP contribution in [-0.4, -0.2) is 38.5 Å². The lowest BCUT2D eigenvalue weighted by atomic mass is 10.2. The Kier molecular flexibility index (Phi) is 3.89. The van der Waals surface area contributed by atoms with E-state index in [0.29, 0.717) is 0 Å². The van der Waals surface area contributed by atoms with Gasteiger partial charge in [0.25, 0.3) is 5.91 Å². The number of hydrogen-bond donors (Lipinski definition) is 3. The van der Waals surface area contributed by atoms with Gasteiger partial charge in [-0.1, -0.05) is 4.49 Å². The van der Waals surface area contributed by atoms with Crippen molar-refractivity contribution in [1.29, 1.82) is 0 Å². The van der Waals surface area contributed by atoms with Gasteiger partial charge in [0.15, 0.2) is 0 Å². The number of carbonyl (C=O) groups excluding carboxylic acids is 2. The molecule has 4 N–H and O–H groups in total. The van der Waals surface area contributed by atoms with Crippen molar-refractivity contribution >= 4 is 29.3 Å². The first-order valence-electron chi connectivity index (χ1n) is 4.10. The second kappa shape index (κ2) is 5.16. The molecule has 0 radical (unpaired) electrons. The number of aliphatic carboxylic acids is 1. The smallest absolute Gasteiger partial charge is 0.326 e. The van der Waals surface area contributed by atoms with Crippen LogP contribution in [0.15, 0.2) is 6.20 Å². The van der Waals surface area contributed by atoms with Crippen molar-refractivity contribution in [2.75, 3.05) is 0 Å². The van der Waals surface area contributed by atoms with Gasteiger partial charge < -0.3 is 16.2 Å². The zero-order valence-corrected chi connectivity index (χ0v) is 8.73. The number of nitrogens with one attached hydrogen (secondary N) is 1. The summed E-state index contributed by atoms with van der Waals surface area (Å²) in [6.45, 7) is 0. The Morgan fingerprint density at radius 3 is 2.69 bits per heavy atom. The maximum atomic E-state index is 11.4. The van der Waals surface area contributed by atoms with E-state index in [-0.39, 0.29) is 4.88 Å². The fourth-order valence-corrected chi connectivity index (χ4v) is 1.32. The summed E-state index contributed by atoms with van der Waals surface area (Å²) in [4.78, 5) is 32.8. The van der Waals surface area contributed by atoms with Crippen molar-refractivity contribution < 1.29 is 19.5 Å². The summed E-state index contributed by atoms with van der Waals surface area (Å²) >= 11 is 0.821. The van der Waals surface area contributed by atoms with E-state index in [1.807, 2.05) is 0 Å². The van der Waals surface area contributed by atoms with Gasteiger partial charge in [0.1, 0.15) is 10.9 Å². The quantitative estimate of drug-likeness (QED) is 0.582. The number of nitrogens with zero attached hydrogens (tertiary/aromatic N) is 2. The highest BCUT2D eigenvalue weighted by atomic mass is 32.1. The van der Waals surface area contributed by atoms with Gasteiger partial charge >= 0.3 is 5.97 Å². The molecule has 1 aromatic rings. The van der Waals surface area contributed by atoms with Crippen LogP contribution in [0.5, 0.6) is 0 Å². The summed E-state index contributed by atoms with van der Waals surface area (Å²) in [7, 11) is 0. The highest BCUT2D eigenvalue weighted by molar-refractivity contribution is 7.07. The maximum Gasteiger partial charge on any atom is 0.326 e. The molecule has 0 fully saturated rings. The molecule has 86 valence electrons. The first-order chi connectivity index (χ1) is 7.50. The van der Waals surface area contributed by atoms with E-state index in [1.54, 1.807) is 0 Å². The normalized spacial score (nSPS) is 11.8. The molecule has 0 unspecified atom stereocenters. The molecule has 0 saturated heterocycles. The third-order valence-corrected chi connectivity index (χ3v) is 2.26. The van der Waals surface area contributed by atoms with Gasteiger partial charge in [-0.15, -0.1) is 5.10 Å². The van der Waals surface area contributed by atoms with Crippen molar-refractivity contribution in [3.8, 4) is 0 Å². The SMILES string of the molecule is NC(=O)C[C@H](NC(=O)c1cnns1)C(=O)O. The van der Waals surface area contributed by atoms with Crippen LogP contribution < -0.4 is 11.1 Å². The van der Waals surface area contributed by atoms with Crippen molar-refractivity contribution in [1.82, 2.24) is 14.9 Å². The van der Waals surface area contributed by atoms with Crippen LogP contribution in [0.1, 0.15) is 16.1 Å². The zero-order valence-electron chi connectivity index (χ0n) is 7.91. The van der Waals surface area contributed by atoms with Gasteiger partial charge in [-0.2, -0.15) is 0 Å². The Morgan fingerprint density at radius 2 is 2.25 bits per heavy atom. The molecule has 16 heavy (non-hydrogen) atoms. The summed E-state index contributed by atoms with van der Waals surface area (Å²) in [5.41, 5.74) is 4.85. The molecule has 1 aromatic heterocycles. The highest BCUT2D eigenvalue weighted by Crippen LogP contribution is 2.03. The summed E-state index contributed by atoms with van der Waals surface area (Å²) in [5, 5.41) is 14.3. The zero-order chi connectivity index (χ0) is 12.1. The number of primary amides is 1. The van der Waals surface area contributed by atoms with Crippen LogP contribution in [0.2, 0.25) is 0 Å². The van der Waals surface area contributed by atoms with E-state index in [1.165, 1.54) is 6.20 Å². The summed E-state index contributed by atoms with van der Waals surface area (Å²) in [6, 6.07) is -1.34. The van der Waals surface area contributed by atoms with E-state index in [4.69, 9.17) is 10.8 Å². The van der Waals surface area contributed by atoms with Crippen LogP contribution in [-0.2, 0) is 9.59 Å². The number of hydrogen-bond acceptors (Lipinski definition) is 6. The van der Waals surface area contributed by atoms with Gasteiger partial charge in [-0.05, 0) is 11.5 Å². The third kappa shape index (κ3) is 3.28. The Labute approximate surface area is 93.6 Å². The van der Waals surface area contributed by atoms with Crippen LogP contribution in [0.4, 0.5) is 0 Å². The Bertz CT molecular complexity index is 405. The van der Waals surface area contributed by atoms with E-state index in [2.05, 4.69) is 14.9 Å². The lowest BCUT2D eigenvalue weighted by Crippen LogP contribution is -2.43. The molecule has 8 nitrogen and oxygen atoms in total. The van der Waals surface area contributed by atoms with Crippen molar-refractivity contribution in [2.24, 2.45) is 5.73 Å². The summed E-state index contributed by atoms with van der Waals surface area (Å²) < 4.78 is 3.45. The predicted molar refractivity (Wildman–Crippen MR) is 52.6 cm³/mol. The average molecular weight is 244 g/mol. The maximum absolute atomic E-state index is 11.4. The van der Waals surface area contributed by atoms with E-state index in [0.717, 1.165) is 11.5 Å². The van der Waals surface area contributed by atoms with Gasteiger partial charge in [0.2, 0.25) is 5.91 Å². The van der Waals surface area contributed by atoms with Crippen molar-refractivity contribution in [2.45, 2.75) is 12.5 Å². The molecule has 0 bridgehead atoms. The molecule has 1 atom stereocenters. The lowest BCUT2D eigenvalue weighted by molar-refractivity contribution is -0.140. The van der Waals surface area contributed by atoms with Gasteiger partial charge in [0.05, 0.1) is 12.6 Å². The van der Waals surface area contributed by atoms with Gasteiger partial charge in [-0.25, -0.2) is 4.79 Å². The molecule has 1 heterocycles. The third-order valence-electron chi connectivity index (χ3n) is 1.59. The van der Waals surface area contributed by atoms with Crippen LogP contribution in [0.25, 0.3) is 0 Å². The second-order valence-electron chi connectivity index (χ2n) is 2.82. The molecule has 2 amide bonds. The predicted octanol–water partition coefficient (Wildman–Crippen LogP) is -1.40. The summed E-state index contributed by atoms with van der Waals surface area (Å²) in [5.74, 6) is -2.79. The van der Waals surface area contributed by atoms with E-state index < -0.39 is 30.2 Å². The topological polar surface area (TPSA) is 135 Å². The molecule has 0 aliphatic carbocycles.